The summed E-state index contributed by atoms with van der Waals surface area (Å²) in [7, 11) is 7.18. The number of amides is 2. The van der Waals surface area contributed by atoms with Gasteiger partial charge in [0.2, 0.25) is 17.8 Å². The zero-order valence-corrected chi connectivity index (χ0v) is 9.72. The summed E-state index contributed by atoms with van der Waals surface area (Å²) in [5, 5.41) is 2.32. The Balaban J connectivity index is 3.13. The number of hydrogen-bond acceptors (Lipinski definition) is 6. The summed E-state index contributed by atoms with van der Waals surface area (Å²) in [5.74, 6) is 1.03. The fraction of sp³-hybridized carbons (Fsp3) is 0.500. The van der Waals surface area contributed by atoms with E-state index in [4.69, 9.17) is 5.73 Å². The second kappa shape index (κ2) is 4.60. The number of anilines is 3. The zero-order chi connectivity index (χ0) is 12.3. The van der Waals surface area contributed by atoms with Crippen molar-refractivity contribution in [2.75, 3.05) is 43.3 Å². The second-order valence-electron chi connectivity index (χ2n) is 3.54. The first kappa shape index (κ1) is 12.0. The van der Waals surface area contributed by atoms with Gasteiger partial charge >= 0.3 is 6.03 Å². The smallest absolute Gasteiger partial charge is 0.319 e. The summed E-state index contributed by atoms with van der Waals surface area (Å²) in [6.45, 7) is 0. The highest BCUT2D eigenvalue weighted by atomic mass is 16.2. The van der Waals surface area contributed by atoms with E-state index in [1.807, 2.05) is 0 Å². The number of nitrogens with one attached hydrogen (secondary N) is 1. The van der Waals surface area contributed by atoms with Gasteiger partial charge in [-0.25, -0.2) is 4.79 Å². The molecule has 0 radical (unpaired) electrons. The highest BCUT2D eigenvalue weighted by Gasteiger charge is 2.10. The van der Waals surface area contributed by atoms with Crippen molar-refractivity contribution >= 4 is 23.9 Å². The summed E-state index contributed by atoms with van der Waals surface area (Å²) in [5.41, 5.74) is 5.00. The lowest BCUT2D eigenvalue weighted by Gasteiger charge is -2.15. The minimum atomic E-state index is -0.708. The SMILES string of the molecule is CN(C)c1nc(NC(N)=O)nc(N(C)C)n1. The van der Waals surface area contributed by atoms with Gasteiger partial charge in [-0.1, -0.05) is 0 Å². The third kappa shape index (κ3) is 2.94. The van der Waals surface area contributed by atoms with Crippen LogP contribution in [0.2, 0.25) is 0 Å². The minimum absolute atomic E-state index is 0.134. The quantitative estimate of drug-likeness (QED) is 0.719. The molecule has 0 unspecified atom stereocenters. The first-order chi connectivity index (χ1) is 7.40. The third-order valence-electron chi connectivity index (χ3n) is 1.65. The number of urea groups is 1. The molecule has 1 rings (SSSR count). The van der Waals surface area contributed by atoms with Crippen LogP contribution in [0.3, 0.4) is 0 Å². The van der Waals surface area contributed by atoms with Gasteiger partial charge in [0.15, 0.2) is 0 Å². The zero-order valence-electron chi connectivity index (χ0n) is 9.72. The van der Waals surface area contributed by atoms with Crippen molar-refractivity contribution in [3.63, 3.8) is 0 Å². The molecule has 3 N–H and O–H groups in total. The summed E-state index contributed by atoms with van der Waals surface area (Å²) in [6, 6.07) is -0.708. The van der Waals surface area contributed by atoms with Crippen LogP contribution in [0.1, 0.15) is 0 Å². The maximum atomic E-state index is 10.7. The molecule has 8 nitrogen and oxygen atoms in total. The highest BCUT2D eigenvalue weighted by Crippen LogP contribution is 2.12. The van der Waals surface area contributed by atoms with Crippen LogP contribution in [0.25, 0.3) is 0 Å². The Bertz CT molecular complexity index is 364. The van der Waals surface area contributed by atoms with Crippen LogP contribution >= 0.6 is 0 Å². The molecule has 0 spiro atoms. The van der Waals surface area contributed by atoms with Crippen molar-refractivity contribution < 1.29 is 4.79 Å². The fourth-order valence-electron chi connectivity index (χ4n) is 0.920. The number of rotatable bonds is 3. The second-order valence-corrected chi connectivity index (χ2v) is 3.54. The molecule has 16 heavy (non-hydrogen) atoms. The Kier molecular flexibility index (Phi) is 3.44. The van der Waals surface area contributed by atoms with E-state index in [1.54, 1.807) is 38.0 Å². The number of aromatic nitrogens is 3. The van der Waals surface area contributed by atoms with Crippen LogP contribution in [0.4, 0.5) is 22.6 Å². The lowest BCUT2D eigenvalue weighted by atomic mass is 10.7. The molecule has 2 amide bonds. The van der Waals surface area contributed by atoms with Gasteiger partial charge in [-0.15, -0.1) is 0 Å². The number of hydrogen-bond donors (Lipinski definition) is 2. The van der Waals surface area contributed by atoms with Crippen molar-refractivity contribution in [1.29, 1.82) is 0 Å². The van der Waals surface area contributed by atoms with Crippen molar-refractivity contribution in [2.24, 2.45) is 5.73 Å². The van der Waals surface area contributed by atoms with E-state index in [1.165, 1.54) is 0 Å². The molecule has 8 heteroatoms. The number of primary amides is 1. The molecule has 0 saturated carbocycles. The summed E-state index contributed by atoms with van der Waals surface area (Å²) >= 11 is 0. The van der Waals surface area contributed by atoms with Gasteiger partial charge in [0, 0.05) is 28.2 Å². The maximum absolute atomic E-state index is 10.7. The Labute approximate surface area is 93.5 Å². The lowest BCUT2D eigenvalue weighted by molar-refractivity contribution is 0.259. The monoisotopic (exact) mass is 225 g/mol. The van der Waals surface area contributed by atoms with Crippen LogP contribution in [0.5, 0.6) is 0 Å². The predicted octanol–water partition coefficient (Wildman–Crippen LogP) is -0.506. The van der Waals surface area contributed by atoms with Crippen LogP contribution in [0, 0.1) is 0 Å². The highest BCUT2D eigenvalue weighted by molar-refractivity contribution is 5.85. The minimum Gasteiger partial charge on any atom is -0.351 e. The molecule has 1 aromatic rings. The fourth-order valence-corrected chi connectivity index (χ4v) is 0.920. The molecule has 1 aromatic heterocycles. The van der Waals surface area contributed by atoms with E-state index in [-0.39, 0.29) is 5.95 Å². The molecule has 0 aliphatic rings. The van der Waals surface area contributed by atoms with E-state index in [0.29, 0.717) is 11.9 Å². The Morgan fingerprint density at radius 3 is 1.81 bits per heavy atom. The molecular formula is C8H15N7O. The van der Waals surface area contributed by atoms with Gasteiger partial charge < -0.3 is 15.5 Å². The molecular weight excluding hydrogens is 210 g/mol. The van der Waals surface area contributed by atoms with Crippen LogP contribution in [0.15, 0.2) is 0 Å². The Morgan fingerprint density at radius 1 is 1.06 bits per heavy atom. The average molecular weight is 225 g/mol. The van der Waals surface area contributed by atoms with Gasteiger partial charge in [-0.3, -0.25) is 5.32 Å². The first-order valence-corrected chi connectivity index (χ1v) is 4.57. The largest absolute Gasteiger partial charge is 0.351 e. The van der Waals surface area contributed by atoms with E-state index >= 15 is 0 Å². The van der Waals surface area contributed by atoms with E-state index in [2.05, 4.69) is 20.3 Å². The molecule has 0 atom stereocenters. The molecule has 0 aromatic carbocycles. The topological polar surface area (TPSA) is 100 Å². The Morgan fingerprint density at radius 2 is 1.50 bits per heavy atom. The molecule has 0 saturated heterocycles. The summed E-state index contributed by atoms with van der Waals surface area (Å²) in [6.07, 6.45) is 0. The van der Waals surface area contributed by atoms with Crippen molar-refractivity contribution in [3.05, 3.63) is 0 Å². The molecule has 88 valence electrons. The lowest BCUT2D eigenvalue weighted by Crippen LogP contribution is -2.24. The first-order valence-electron chi connectivity index (χ1n) is 4.57. The van der Waals surface area contributed by atoms with Crippen molar-refractivity contribution in [1.82, 2.24) is 15.0 Å². The van der Waals surface area contributed by atoms with Gasteiger partial charge in [0.1, 0.15) is 0 Å². The molecule has 0 aliphatic carbocycles. The number of carbonyl (C=O) groups excluding carboxylic acids is 1. The van der Waals surface area contributed by atoms with E-state index < -0.39 is 6.03 Å². The summed E-state index contributed by atoms with van der Waals surface area (Å²) in [4.78, 5) is 26.4. The Hall–Kier alpha value is -2.12. The summed E-state index contributed by atoms with van der Waals surface area (Å²) < 4.78 is 0. The maximum Gasteiger partial charge on any atom is 0.319 e. The van der Waals surface area contributed by atoms with Gasteiger partial charge in [-0.2, -0.15) is 15.0 Å². The normalized spacial score (nSPS) is 9.75. The standard InChI is InChI=1S/C8H15N7O/c1-14(2)7-11-6(10-5(9)16)12-8(13-7)15(3)4/h1-4H3,(H3,9,10,11,12,13,16). The number of nitrogens with two attached hydrogens (primary N) is 1. The third-order valence-corrected chi connectivity index (χ3v) is 1.65. The van der Waals surface area contributed by atoms with Crippen molar-refractivity contribution in [3.8, 4) is 0 Å². The van der Waals surface area contributed by atoms with E-state index in [9.17, 15) is 4.79 Å². The molecule has 0 bridgehead atoms. The van der Waals surface area contributed by atoms with Crippen LogP contribution in [-0.2, 0) is 0 Å². The van der Waals surface area contributed by atoms with Gasteiger partial charge in [0.25, 0.3) is 0 Å². The molecule has 0 fully saturated rings. The molecule has 1 heterocycles. The number of carbonyl (C=O) groups is 1. The van der Waals surface area contributed by atoms with Crippen molar-refractivity contribution in [2.45, 2.75) is 0 Å². The van der Waals surface area contributed by atoms with E-state index in [0.717, 1.165) is 0 Å². The van der Waals surface area contributed by atoms with Gasteiger partial charge in [-0.05, 0) is 0 Å². The van der Waals surface area contributed by atoms with Crippen LogP contribution in [-0.4, -0.2) is 49.2 Å². The van der Waals surface area contributed by atoms with Gasteiger partial charge in [0.05, 0.1) is 0 Å². The average Bonchev–Trinajstić information content (AvgIpc) is 2.15. The number of nitrogens with zero attached hydrogens (tertiary/aromatic N) is 5. The predicted molar refractivity (Wildman–Crippen MR) is 61.7 cm³/mol. The molecule has 0 aliphatic heterocycles. The van der Waals surface area contributed by atoms with Crippen LogP contribution < -0.4 is 20.9 Å².